The highest BCUT2D eigenvalue weighted by atomic mass is 35.5. The molecule has 0 radical (unpaired) electrons. The highest BCUT2D eigenvalue weighted by molar-refractivity contribution is 7.99. The highest BCUT2D eigenvalue weighted by Gasteiger charge is 2.13. The number of halogens is 2. The molecule has 4 aromatic rings. The second-order valence-electron chi connectivity index (χ2n) is 7.00. The summed E-state index contributed by atoms with van der Waals surface area (Å²) in [6.07, 6.45) is 2.61. The first-order valence-electron chi connectivity index (χ1n) is 9.89. The van der Waals surface area contributed by atoms with E-state index in [2.05, 4.69) is 9.97 Å². The fourth-order valence-corrected chi connectivity index (χ4v) is 4.54. The molecule has 0 aliphatic heterocycles. The Balaban J connectivity index is 1.58. The number of para-hydroxylation sites is 1. The minimum atomic E-state index is -0.278. The molecule has 1 heterocycles. The van der Waals surface area contributed by atoms with Gasteiger partial charge in [-0.05, 0) is 54.6 Å². The summed E-state index contributed by atoms with van der Waals surface area (Å²) in [5, 5.41) is 1.92. The van der Waals surface area contributed by atoms with Gasteiger partial charge in [0.25, 0.3) is 0 Å². The van der Waals surface area contributed by atoms with Crippen molar-refractivity contribution in [2.45, 2.75) is 17.7 Å². The molecule has 0 bridgehead atoms. The number of benzene rings is 3. The standard InChI is InChI=1S/C24H19Cl2N3O2S/c25-20-10-9-16(31-15-4-1-5-17(12-15)32-11-3-8-22(27)30)13-19(20)23-18-6-2-7-21(26)24(18)29-14-28-23/h1-2,4-7,9-10,12-14H,3,8,11H2,(H2,27,30). The van der Waals surface area contributed by atoms with Crippen LogP contribution >= 0.6 is 35.0 Å². The lowest BCUT2D eigenvalue weighted by Crippen LogP contribution is -2.09. The first kappa shape index (κ1) is 22.4. The number of amides is 1. The van der Waals surface area contributed by atoms with Gasteiger partial charge in [-0.2, -0.15) is 0 Å². The Morgan fingerprint density at radius 3 is 2.62 bits per heavy atom. The monoisotopic (exact) mass is 483 g/mol. The number of hydrogen-bond donors (Lipinski definition) is 1. The summed E-state index contributed by atoms with van der Waals surface area (Å²) in [5.41, 5.74) is 7.28. The molecule has 0 fully saturated rings. The van der Waals surface area contributed by atoms with Crippen molar-refractivity contribution in [2.75, 3.05) is 5.75 Å². The van der Waals surface area contributed by atoms with Crippen molar-refractivity contribution in [3.05, 3.63) is 77.0 Å². The van der Waals surface area contributed by atoms with Crippen LogP contribution in [0.1, 0.15) is 12.8 Å². The molecule has 8 heteroatoms. The molecule has 1 aromatic heterocycles. The van der Waals surface area contributed by atoms with Gasteiger partial charge in [0.15, 0.2) is 0 Å². The Morgan fingerprint density at radius 1 is 0.969 bits per heavy atom. The number of primary amides is 1. The number of hydrogen-bond acceptors (Lipinski definition) is 5. The van der Waals surface area contributed by atoms with Gasteiger partial charge in [0, 0.05) is 22.3 Å². The van der Waals surface area contributed by atoms with E-state index in [1.807, 2.05) is 48.5 Å². The predicted octanol–water partition coefficient (Wildman–Crippen LogP) is 6.75. The van der Waals surface area contributed by atoms with E-state index in [4.69, 9.17) is 33.7 Å². The lowest BCUT2D eigenvalue weighted by Gasteiger charge is -2.12. The summed E-state index contributed by atoms with van der Waals surface area (Å²) in [6, 6.07) is 18.8. The Bertz CT molecular complexity index is 1280. The minimum Gasteiger partial charge on any atom is -0.457 e. The van der Waals surface area contributed by atoms with Crippen LogP contribution in [-0.2, 0) is 4.79 Å². The third-order valence-corrected chi connectivity index (χ3v) is 6.40. The maximum absolute atomic E-state index is 10.9. The zero-order valence-electron chi connectivity index (χ0n) is 16.9. The van der Waals surface area contributed by atoms with Gasteiger partial charge in [0.2, 0.25) is 5.91 Å². The summed E-state index contributed by atoms with van der Waals surface area (Å²) >= 11 is 14.5. The number of carbonyl (C=O) groups excluding carboxylic acids is 1. The molecule has 0 saturated carbocycles. The van der Waals surface area contributed by atoms with Crippen molar-refractivity contribution in [1.82, 2.24) is 9.97 Å². The molecule has 0 aliphatic carbocycles. The first-order chi connectivity index (χ1) is 15.5. The second-order valence-corrected chi connectivity index (χ2v) is 8.98. The maximum Gasteiger partial charge on any atom is 0.217 e. The molecule has 0 aliphatic rings. The molecule has 2 N–H and O–H groups in total. The zero-order valence-corrected chi connectivity index (χ0v) is 19.3. The van der Waals surface area contributed by atoms with Crippen LogP contribution in [0.4, 0.5) is 0 Å². The Kier molecular flexibility index (Phi) is 7.15. The Hall–Kier alpha value is -2.80. The summed E-state index contributed by atoms with van der Waals surface area (Å²) < 4.78 is 6.10. The lowest BCUT2D eigenvalue weighted by molar-refractivity contribution is -0.118. The molecular formula is C24H19Cl2N3O2S. The minimum absolute atomic E-state index is 0.278. The van der Waals surface area contributed by atoms with Gasteiger partial charge < -0.3 is 10.5 Å². The molecule has 4 rings (SSSR count). The van der Waals surface area contributed by atoms with E-state index in [0.717, 1.165) is 28.0 Å². The van der Waals surface area contributed by atoms with Crippen LogP contribution in [0.5, 0.6) is 11.5 Å². The molecule has 32 heavy (non-hydrogen) atoms. The maximum atomic E-state index is 10.9. The molecule has 1 amide bonds. The van der Waals surface area contributed by atoms with E-state index in [-0.39, 0.29) is 5.91 Å². The second kappa shape index (κ2) is 10.2. The number of aromatic nitrogens is 2. The van der Waals surface area contributed by atoms with Crippen LogP contribution in [0.25, 0.3) is 22.2 Å². The lowest BCUT2D eigenvalue weighted by atomic mass is 10.1. The number of carbonyl (C=O) groups is 1. The van der Waals surface area contributed by atoms with Crippen molar-refractivity contribution >= 4 is 51.8 Å². The van der Waals surface area contributed by atoms with Gasteiger partial charge in [-0.1, -0.05) is 41.4 Å². The average Bonchev–Trinajstić information content (AvgIpc) is 2.78. The van der Waals surface area contributed by atoms with E-state index in [1.54, 1.807) is 23.9 Å². The highest BCUT2D eigenvalue weighted by Crippen LogP contribution is 2.37. The predicted molar refractivity (Wildman–Crippen MR) is 131 cm³/mol. The van der Waals surface area contributed by atoms with Gasteiger partial charge in [0.05, 0.1) is 21.3 Å². The molecule has 0 spiro atoms. The Morgan fingerprint density at radius 2 is 1.78 bits per heavy atom. The third kappa shape index (κ3) is 5.33. The van der Waals surface area contributed by atoms with Crippen LogP contribution in [-0.4, -0.2) is 21.6 Å². The van der Waals surface area contributed by atoms with Crippen LogP contribution in [0, 0.1) is 0 Å². The smallest absolute Gasteiger partial charge is 0.217 e. The van der Waals surface area contributed by atoms with Gasteiger partial charge in [-0.3, -0.25) is 4.79 Å². The molecule has 0 unspecified atom stereocenters. The molecule has 162 valence electrons. The number of nitrogens with zero attached hydrogens (tertiary/aromatic N) is 2. The van der Waals surface area contributed by atoms with Crippen LogP contribution < -0.4 is 10.5 Å². The van der Waals surface area contributed by atoms with E-state index in [1.165, 1.54) is 6.33 Å². The summed E-state index contributed by atoms with van der Waals surface area (Å²) in [7, 11) is 0. The summed E-state index contributed by atoms with van der Waals surface area (Å²) in [5.74, 6) is 1.86. The fourth-order valence-electron chi connectivity index (χ4n) is 3.22. The number of ether oxygens (including phenoxy) is 1. The number of fused-ring (bicyclic) bond motifs is 1. The van der Waals surface area contributed by atoms with Gasteiger partial charge in [-0.25, -0.2) is 9.97 Å². The quantitative estimate of drug-likeness (QED) is 0.221. The van der Waals surface area contributed by atoms with E-state index >= 15 is 0 Å². The van der Waals surface area contributed by atoms with Crippen LogP contribution in [0.2, 0.25) is 10.0 Å². The number of nitrogens with two attached hydrogens (primary N) is 1. The zero-order chi connectivity index (χ0) is 22.5. The largest absolute Gasteiger partial charge is 0.457 e. The summed E-state index contributed by atoms with van der Waals surface area (Å²) in [4.78, 5) is 20.7. The van der Waals surface area contributed by atoms with Crippen molar-refractivity contribution < 1.29 is 9.53 Å². The molecule has 0 saturated heterocycles. The SMILES string of the molecule is NC(=O)CCCSc1cccc(Oc2ccc(Cl)c(-c3ncnc4c(Cl)cccc34)c2)c1. The molecule has 5 nitrogen and oxygen atoms in total. The molecule has 0 atom stereocenters. The normalized spacial score (nSPS) is 10.9. The fraction of sp³-hybridized carbons (Fsp3) is 0.125. The van der Waals surface area contributed by atoms with E-state index in [9.17, 15) is 4.79 Å². The number of thioether (sulfide) groups is 1. The third-order valence-electron chi connectivity index (χ3n) is 4.69. The van der Waals surface area contributed by atoms with Crippen molar-refractivity contribution in [1.29, 1.82) is 0 Å². The Labute approximate surface area is 199 Å². The van der Waals surface area contributed by atoms with E-state index in [0.29, 0.717) is 39.2 Å². The van der Waals surface area contributed by atoms with Crippen LogP contribution in [0.3, 0.4) is 0 Å². The average molecular weight is 484 g/mol. The van der Waals surface area contributed by atoms with E-state index < -0.39 is 0 Å². The van der Waals surface area contributed by atoms with Gasteiger partial charge in [-0.15, -0.1) is 11.8 Å². The van der Waals surface area contributed by atoms with Gasteiger partial charge in [0.1, 0.15) is 17.8 Å². The molecular weight excluding hydrogens is 465 g/mol. The van der Waals surface area contributed by atoms with Gasteiger partial charge >= 0.3 is 0 Å². The van der Waals surface area contributed by atoms with Crippen LogP contribution in [0.15, 0.2) is 71.9 Å². The van der Waals surface area contributed by atoms with Crippen molar-refractivity contribution in [3.63, 3.8) is 0 Å². The van der Waals surface area contributed by atoms with Crippen molar-refractivity contribution in [2.24, 2.45) is 5.73 Å². The topological polar surface area (TPSA) is 78.1 Å². The number of rotatable bonds is 8. The van der Waals surface area contributed by atoms with Crippen molar-refractivity contribution in [3.8, 4) is 22.8 Å². The summed E-state index contributed by atoms with van der Waals surface area (Å²) in [6.45, 7) is 0. The molecule has 3 aromatic carbocycles. The first-order valence-corrected chi connectivity index (χ1v) is 11.6.